The highest BCUT2D eigenvalue weighted by atomic mass is 16.5. The third-order valence-corrected chi connectivity index (χ3v) is 9.77. The van der Waals surface area contributed by atoms with Crippen molar-refractivity contribution in [3.8, 4) is 17.2 Å². The number of hydrogen-bond donors (Lipinski definition) is 4. The average molecular weight is 698 g/mol. The summed E-state index contributed by atoms with van der Waals surface area (Å²) in [6.07, 6.45) is 4.92. The Balaban J connectivity index is 0.000000183. The summed E-state index contributed by atoms with van der Waals surface area (Å²) in [7, 11) is 0. The minimum Gasteiger partial charge on any atom is -0.507 e. The zero-order chi connectivity index (χ0) is 36.6. The topological polar surface area (TPSA) is 128 Å². The molecular formula is C44H43NO7. The van der Waals surface area contributed by atoms with Crippen molar-refractivity contribution in [3.05, 3.63) is 149 Å². The van der Waals surface area contributed by atoms with E-state index in [1.54, 1.807) is 48.5 Å². The molecule has 266 valence electrons. The smallest absolute Gasteiger partial charge is 0.339 e. The fourth-order valence-electron chi connectivity index (χ4n) is 6.97. The first kappa shape index (κ1) is 35.9. The number of carbonyl (C=O) groups is 2. The van der Waals surface area contributed by atoms with Crippen LogP contribution in [-0.2, 0) is 12.8 Å². The van der Waals surface area contributed by atoms with Crippen LogP contribution in [0.3, 0.4) is 0 Å². The van der Waals surface area contributed by atoms with Crippen LogP contribution < -0.4 is 4.74 Å². The van der Waals surface area contributed by atoms with Gasteiger partial charge in [0.05, 0.1) is 0 Å². The molecule has 0 aromatic heterocycles. The third kappa shape index (κ3) is 8.19. The third-order valence-electron chi connectivity index (χ3n) is 9.77. The minimum absolute atomic E-state index is 0.0407. The van der Waals surface area contributed by atoms with Gasteiger partial charge in [0.2, 0.25) is 0 Å². The van der Waals surface area contributed by atoms with Gasteiger partial charge >= 0.3 is 11.9 Å². The lowest BCUT2D eigenvalue weighted by Crippen LogP contribution is -2.40. The van der Waals surface area contributed by atoms with Crippen molar-refractivity contribution < 1.29 is 34.8 Å². The summed E-state index contributed by atoms with van der Waals surface area (Å²) in [4.78, 5) is 25.8. The number of likely N-dealkylation sites (tertiary alicyclic amines) is 1. The molecule has 0 amide bonds. The number of benzene rings is 6. The van der Waals surface area contributed by atoms with Crippen LogP contribution in [0.2, 0.25) is 0 Å². The standard InChI is InChI=1S/C23H16O6.C21H27NO/c24-20-16(14-7-3-1-5-12(14)9-18(20)22(26)27)11-17-15-8-4-2-6-13(15)10-19(21(17)25)23(28)29;1-18(22-14-8-3-9-15-22)17-23-21-13-7-6-12-20(21)16-19-10-4-2-5-11-19/h1-10,24-25H,11H2,(H,26,27)(H,28,29);2,4-7,10-13,18H,3,8-9,14-17H2,1H3. The molecule has 1 unspecified atom stereocenters. The van der Waals surface area contributed by atoms with E-state index in [4.69, 9.17) is 4.74 Å². The average Bonchev–Trinajstić information content (AvgIpc) is 3.16. The number of nitrogens with zero attached hydrogens (tertiary/aromatic N) is 1. The quantitative estimate of drug-likeness (QED) is 0.112. The lowest BCUT2D eigenvalue weighted by molar-refractivity contribution is 0.0682. The molecule has 0 saturated carbocycles. The molecule has 1 aliphatic heterocycles. The van der Waals surface area contributed by atoms with Crippen molar-refractivity contribution in [1.29, 1.82) is 0 Å². The zero-order valence-corrected chi connectivity index (χ0v) is 29.2. The summed E-state index contributed by atoms with van der Waals surface area (Å²) in [6, 6.07) is 36.3. The molecule has 0 bridgehead atoms. The molecule has 7 rings (SSSR count). The summed E-state index contributed by atoms with van der Waals surface area (Å²) in [5.74, 6) is -2.33. The van der Waals surface area contributed by atoms with Crippen molar-refractivity contribution >= 4 is 33.5 Å². The summed E-state index contributed by atoms with van der Waals surface area (Å²) in [5.41, 5.74) is 2.71. The molecule has 6 aromatic carbocycles. The van der Waals surface area contributed by atoms with E-state index >= 15 is 0 Å². The van der Waals surface area contributed by atoms with E-state index in [0.717, 1.165) is 18.8 Å². The van der Waals surface area contributed by atoms with Gasteiger partial charge in [-0.1, -0.05) is 103 Å². The molecule has 52 heavy (non-hydrogen) atoms. The van der Waals surface area contributed by atoms with Gasteiger partial charge in [-0.05, 0) is 83.7 Å². The van der Waals surface area contributed by atoms with Crippen LogP contribution in [0.25, 0.3) is 21.5 Å². The van der Waals surface area contributed by atoms with Crippen LogP contribution in [0.4, 0.5) is 0 Å². The van der Waals surface area contributed by atoms with E-state index in [2.05, 4.69) is 66.4 Å². The normalized spacial score (nSPS) is 13.6. The Kier molecular flexibility index (Phi) is 11.4. The van der Waals surface area contributed by atoms with Crippen molar-refractivity contribution in [1.82, 2.24) is 4.90 Å². The van der Waals surface area contributed by atoms with Crippen LogP contribution in [0, 0.1) is 0 Å². The number of aromatic hydroxyl groups is 2. The summed E-state index contributed by atoms with van der Waals surface area (Å²) in [5, 5.41) is 42.8. The van der Waals surface area contributed by atoms with Gasteiger partial charge in [-0.2, -0.15) is 0 Å². The second kappa shape index (κ2) is 16.4. The molecule has 0 aliphatic carbocycles. The summed E-state index contributed by atoms with van der Waals surface area (Å²) >= 11 is 0. The monoisotopic (exact) mass is 697 g/mol. The predicted octanol–water partition coefficient (Wildman–Crippen LogP) is 8.92. The van der Waals surface area contributed by atoms with Gasteiger partial charge in [-0.15, -0.1) is 0 Å². The maximum absolute atomic E-state index is 11.6. The number of aromatic carboxylic acids is 2. The van der Waals surface area contributed by atoms with Gasteiger partial charge in [-0.3, -0.25) is 4.90 Å². The molecule has 6 aromatic rings. The van der Waals surface area contributed by atoms with E-state index in [1.807, 2.05) is 0 Å². The summed E-state index contributed by atoms with van der Waals surface area (Å²) < 4.78 is 6.18. The molecule has 8 nitrogen and oxygen atoms in total. The molecule has 4 N–H and O–H groups in total. The van der Waals surface area contributed by atoms with E-state index in [9.17, 15) is 30.0 Å². The van der Waals surface area contributed by atoms with E-state index < -0.39 is 23.4 Å². The van der Waals surface area contributed by atoms with Gasteiger partial charge in [0.1, 0.15) is 35.0 Å². The molecule has 0 radical (unpaired) electrons. The Morgan fingerprint density at radius 2 is 1.15 bits per heavy atom. The number of ether oxygens (including phenoxy) is 1. The highest BCUT2D eigenvalue weighted by Crippen LogP contribution is 2.38. The molecule has 8 heteroatoms. The number of carboxylic acids is 2. The Morgan fingerprint density at radius 3 is 1.71 bits per heavy atom. The van der Waals surface area contributed by atoms with Crippen LogP contribution in [0.5, 0.6) is 17.2 Å². The van der Waals surface area contributed by atoms with Crippen LogP contribution >= 0.6 is 0 Å². The van der Waals surface area contributed by atoms with Crippen molar-refractivity contribution in [2.75, 3.05) is 19.7 Å². The number of hydrogen-bond acceptors (Lipinski definition) is 6. The van der Waals surface area contributed by atoms with Gasteiger partial charge in [0.25, 0.3) is 0 Å². The number of phenols is 2. The lowest BCUT2D eigenvalue weighted by Gasteiger charge is -2.32. The van der Waals surface area contributed by atoms with E-state index in [0.29, 0.717) is 38.7 Å². The molecule has 1 atom stereocenters. The molecule has 1 heterocycles. The fraction of sp³-hybridized carbons (Fsp3) is 0.227. The van der Waals surface area contributed by atoms with Crippen LogP contribution in [0.1, 0.15) is 69.2 Å². The molecule has 0 spiro atoms. The summed E-state index contributed by atoms with van der Waals surface area (Å²) in [6.45, 7) is 5.49. The Bertz CT molecular complexity index is 2090. The largest absolute Gasteiger partial charge is 0.507 e. The number of fused-ring (bicyclic) bond motifs is 2. The number of piperidine rings is 1. The minimum atomic E-state index is -1.28. The second-order valence-electron chi connectivity index (χ2n) is 13.3. The number of para-hydroxylation sites is 1. The predicted molar refractivity (Wildman–Crippen MR) is 204 cm³/mol. The molecular weight excluding hydrogens is 654 g/mol. The second-order valence-corrected chi connectivity index (χ2v) is 13.3. The van der Waals surface area contributed by atoms with Gasteiger partial charge in [-0.25, -0.2) is 9.59 Å². The van der Waals surface area contributed by atoms with Gasteiger partial charge in [0.15, 0.2) is 0 Å². The highest BCUT2D eigenvalue weighted by molar-refractivity contribution is 6.02. The first-order chi connectivity index (χ1) is 25.2. The SMILES string of the molecule is CC(COc1ccccc1Cc1ccccc1)N1CCCCC1.O=C(O)c1cc2ccccc2c(Cc2c(O)c(C(=O)O)cc3ccccc23)c1O. The lowest BCUT2D eigenvalue weighted by atomic mass is 9.90. The molecule has 1 fully saturated rings. The molecule has 1 aliphatic rings. The van der Waals surface area contributed by atoms with E-state index in [-0.39, 0.29) is 17.5 Å². The Morgan fingerprint density at radius 1 is 0.654 bits per heavy atom. The first-order valence-electron chi connectivity index (χ1n) is 17.6. The maximum Gasteiger partial charge on any atom is 0.339 e. The fourth-order valence-corrected chi connectivity index (χ4v) is 6.97. The maximum atomic E-state index is 11.6. The van der Waals surface area contributed by atoms with Crippen molar-refractivity contribution in [2.24, 2.45) is 0 Å². The van der Waals surface area contributed by atoms with E-state index in [1.165, 1.54) is 55.6 Å². The van der Waals surface area contributed by atoms with Crippen LogP contribution in [-0.4, -0.2) is 63.0 Å². The molecule has 1 saturated heterocycles. The highest BCUT2D eigenvalue weighted by Gasteiger charge is 2.23. The van der Waals surface area contributed by atoms with Gasteiger partial charge in [0, 0.05) is 30.0 Å². The van der Waals surface area contributed by atoms with Crippen molar-refractivity contribution in [3.63, 3.8) is 0 Å². The number of carboxylic acid groups (broad SMARTS) is 2. The first-order valence-corrected chi connectivity index (χ1v) is 17.6. The van der Waals surface area contributed by atoms with Crippen LogP contribution in [0.15, 0.2) is 115 Å². The Hall–Kier alpha value is -5.86. The zero-order valence-electron chi connectivity index (χ0n) is 29.2. The Labute approximate surface area is 303 Å². The van der Waals surface area contributed by atoms with Crippen molar-refractivity contribution in [2.45, 2.75) is 45.1 Å². The number of rotatable bonds is 10. The van der Waals surface area contributed by atoms with Gasteiger partial charge < -0.3 is 25.2 Å².